The lowest BCUT2D eigenvalue weighted by molar-refractivity contribution is 0.427. The average Bonchev–Trinajstić information content (AvgIpc) is 2.39. The first-order valence-corrected chi connectivity index (χ1v) is 8.03. The first-order chi connectivity index (χ1) is 9.01. The molecule has 2 rings (SSSR count). The second kappa shape index (κ2) is 5.86. The molecule has 0 atom stereocenters. The van der Waals surface area contributed by atoms with Crippen LogP contribution in [0.5, 0.6) is 0 Å². The summed E-state index contributed by atoms with van der Waals surface area (Å²) in [6.07, 6.45) is 2.90. The third kappa shape index (κ3) is 3.65. The van der Waals surface area contributed by atoms with Gasteiger partial charge in [0.1, 0.15) is 0 Å². The van der Waals surface area contributed by atoms with Crippen LogP contribution < -0.4 is 5.73 Å². The minimum atomic E-state index is -3.23. The van der Waals surface area contributed by atoms with E-state index >= 15 is 0 Å². The molecule has 0 spiro atoms. The van der Waals surface area contributed by atoms with Crippen LogP contribution in [-0.4, -0.2) is 25.8 Å². The van der Waals surface area contributed by atoms with Crippen molar-refractivity contribution in [2.75, 3.05) is 13.1 Å². The van der Waals surface area contributed by atoms with E-state index in [4.69, 9.17) is 5.73 Å². The minimum Gasteiger partial charge on any atom is -0.326 e. The van der Waals surface area contributed by atoms with Crippen LogP contribution in [0.2, 0.25) is 0 Å². The van der Waals surface area contributed by atoms with Gasteiger partial charge in [-0.2, -0.15) is 4.31 Å². The van der Waals surface area contributed by atoms with Gasteiger partial charge in [-0.3, -0.25) is 0 Å². The van der Waals surface area contributed by atoms with Gasteiger partial charge in [0.2, 0.25) is 10.0 Å². The molecule has 0 amide bonds. The summed E-state index contributed by atoms with van der Waals surface area (Å²) in [5, 5.41) is 0. The van der Waals surface area contributed by atoms with Crippen LogP contribution in [0.4, 0.5) is 0 Å². The zero-order valence-corrected chi connectivity index (χ0v) is 12.0. The summed E-state index contributed by atoms with van der Waals surface area (Å²) in [5.74, 6) is 0.0606. The third-order valence-corrected chi connectivity index (χ3v) is 5.09. The summed E-state index contributed by atoms with van der Waals surface area (Å²) in [6, 6.07) is 7.44. The predicted molar refractivity (Wildman–Crippen MR) is 76.9 cm³/mol. The van der Waals surface area contributed by atoms with Gasteiger partial charge >= 0.3 is 0 Å². The van der Waals surface area contributed by atoms with E-state index in [-0.39, 0.29) is 5.75 Å². The molecule has 104 valence electrons. The predicted octanol–water partition coefficient (Wildman–Crippen LogP) is 1.63. The standard InChI is InChI=1S/C14H20N2O2S/c1-12-3-2-8-16(10-12)19(17,18)11-14-6-4-13(9-15)5-7-14/h3-7H,2,8-11,15H2,1H3. The van der Waals surface area contributed by atoms with Gasteiger partial charge in [0.05, 0.1) is 5.75 Å². The van der Waals surface area contributed by atoms with Crippen LogP contribution in [0.1, 0.15) is 24.5 Å². The summed E-state index contributed by atoms with van der Waals surface area (Å²) in [6.45, 7) is 3.55. The maximum atomic E-state index is 12.3. The summed E-state index contributed by atoms with van der Waals surface area (Å²) in [5.41, 5.74) is 8.47. The zero-order valence-electron chi connectivity index (χ0n) is 11.2. The normalized spacial score (nSPS) is 17.3. The number of hydrogen-bond acceptors (Lipinski definition) is 3. The second-order valence-electron chi connectivity index (χ2n) is 4.95. The molecule has 1 aliphatic rings. The molecule has 0 saturated heterocycles. The van der Waals surface area contributed by atoms with Gasteiger partial charge < -0.3 is 5.73 Å². The van der Waals surface area contributed by atoms with Crippen molar-refractivity contribution in [3.05, 3.63) is 47.0 Å². The maximum absolute atomic E-state index is 12.3. The molecule has 0 aromatic heterocycles. The first-order valence-electron chi connectivity index (χ1n) is 6.42. The van der Waals surface area contributed by atoms with Gasteiger partial charge in [-0.05, 0) is 24.5 Å². The zero-order chi connectivity index (χ0) is 13.9. The Morgan fingerprint density at radius 3 is 2.42 bits per heavy atom. The Kier molecular flexibility index (Phi) is 4.39. The molecular formula is C14H20N2O2S. The molecule has 0 radical (unpaired) electrons. The summed E-state index contributed by atoms with van der Waals surface area (Å²) in [7, 11) is -3.23. The van der Waals surface area contributed by atoms with Gasteiger partial charge in [-0.25, -0.2) is 8.42 Å². The lowest BCUT2D eigenvalue weighted by Gasteiger charge is -2.25. The van der Waals surface area contributed by atoms with Gasteiger partial charge in [-0.1, -0.05) is 35.9 Å². The Morgan fingerprint density at radius 2 is 1.84 bits per heavy atom. The van der Waals surface area contributed by atoms with Crippen LogP contribution in [0.25, 0.3) is 0 Å². The van der Waals surface area contributed by atoms with Gasteiger partial charge in [0, 0.05) is 19.6 Å². The van der Waals surface area contributed by atoms with E-state index in [2.05, 4.69) is 6.08 Å². The molecule has 0 saturated carbocycles. The lowest BCUT2D eigenvalue weighted by atomic mass is 10.1. The van der Waals surface area contributed by atoms with Crippen LogP contribution in [0.3, 0.4) is 0 Å². The molecule has 0 unspecified atom stereocenters. The largest absolute Gasteiger partial charge is 0.326 e. The van der Waals surface area contributed by atoms with Crippen molar-refractivity contribution in [1.29, 1.82) is 0 Å². The highest BCUT2D eigenvalue weighted by molar-refractivity contribution is 7.88. The highest BCUT2D eigenvalue weighted by Crippen LogP contribution is 2.17. The average molecular weight is 280 g/mol. The molecule has 2 N–H and O–H groups in total. The molecular weight excluding hydrogens is 260 g/mol. The van der Waals surface area contributed by atoms with E-state index in [9.17, 15) is 8.42 Å². The molecule has 1 aliphatic heterocycles. The van der Waals surface area contributed by atoms with E-state index < -0.39 is 10.0 Å². The molecule has 5 heteroatoms. The van der Waals surface area contributed by atoms with Crippen LogP contribution in [0, 0.1) is 0 Å². The van der Waals surface area contributed by atoms with E-state index in [1.54, 1.807) is 4.31 Å². The molecule has 0 fully saturated rings. The minimum absolute atomic E-state index is 0.0606. The number of benzene rings is 1. The van der Waals surface area contributed by atoms with E-state index in [0.717, 1.165) is 23.1 Å². The van der Waals surface area contributed by atoms with Gasteiger partial charge in [-0.15, -0.1) is 0 Å². The molecule has 4 nitrogen and oxygen atoms in total. The number of nitrogens with two attached hydrogens (primary N) is 1. The fraction of sp³-hybridized carbons (Fsp3) is 0.429. The first kappa shape index (κ1) is 14.2. The van der Waals surface area contributed by atoms with Crippen molar-refractivity contribution in [2.45, 2.75) is 25.6 Å². The third-order valence-electron chi connectivity index (χ3n) is 3.30. The van der Waals surface area contributed by atoms with Crippen molar-refractivity contribution in [2.24, 2.45) is 5.73 Å². The molecule has 0 aliphatic carbocycles. The fourth-order valence-electron chi connectivity index (χ4n) is 2.19. The van der Waals surface area contributed by atoms with Gasteiger partial charge in [0.25, 0.3) is 0 Å². The SMILES string of the molecule is CC1=CCCN(S(=O)(=O)Cc2ccc(CN)cc2)C1. The van der Waals surface area contributed by atoms with Crippen molar-refractivity contribution in [1.82, 2.24) is 4.31 Å². The summed E-state index contributed by atoms with van der Waals surface area (Å²) in [4.78, 5) is 0. The Hall–Kier alpha value is -1.17. The Labute approximate surface area is 115 Å². The number of rotatable bonds is 4. The van der Waals surface area contributed by atoms with Crippen molar-refractivity contribution in [3.63, 3.8) is 0 Å². The highest BCUT2D eigenvalue weighted by Gasteiger charge is 2.24. The van der Waals surface area contributed by atoms with E-state index in [0.29, 0.717) is 19.6 Å². The van der Waals surface area contributed by atoms with Crippen molar-refractivity contribution >= 4 is 10.0 Å². The highest BCUT2D eigenvalue weighted by atomic mass is 32.2. The molecule has 0 bridgehead atoms. The smallest absolute Gasteiger partial charge is 0.218 e. The molecule has 1 aromatic carbocycles. The van der Waals surface area contributed by atoms with Crippen molar-refractivity contribution < 1.29 is 8.42 Å². The summed E-state index contributed by atoms with van der Waals surface area (Å²) < 4.78 is 26.2. The second-order valence-corrected chi connectivity index (χ2v) is 6.92. The quantitative estimate of drug-likeness (QED) is 0.853. The van der Waals surface area contributed by atoms with Gasteiger partial charge in [0.15, 0.2) is 0 Å². The Morgan fingerprint density at radius 1 is 1.21 bits per heavy atom. The summed E-state index contributed by atoms with van der Waals surface area (Å²) >= 11 is 0. The van der Waals surface area contributed by atoms with E-state index in [1.807, 2.05) is 31.2 Å². The topological polar surface area (TPSA) is 63.4 Å². The monoisotopic (exact) mass is 280 g/mol. The Bertz CT molecular complexity index is 562. The molecule has 19 heavy (non-hydrogen) atoms. The Balaban J connectivity index is 2.10. The molecule has 1 heterocycles. The fourth-order valence-corrected chi connectivity index (χ4v) is 3.77. The maximum Gasteiger partial charge on any atom is 0.218 e. The number of sulfonamides is 1. The number of hydrogen-bond donors (Lipinski definition) is 1. The van der Waals surface area contributed by atoms with Crippen molar-refractivity contribution in [3.8, 4) is 0 Å². The van der Waals surface area contributed by atoms with Crippen LogP contribution >= 0.6 is 0 Å². The molecule has 1 aromatic rings. The van der Waals surface area contributed by atoms with E-state index in [1.165, 1.54) is 0 Å². The van der Waals surface area contributed by atoms with Crippen LogP contribution in [-0.2, 0) is 22.3 Å². The lowest BCUT2D eigenvalue weighted by Crippen LogP contribution is -2.36. The number of nitrogens with zero attached hydrogens (tertiary/aromatic N) is 1. The van der Waals surface area contributed by atoms with Crippen LogP contribution in [0.15, 0.2) is 35.9 Å².